The Morgan fingerprint density at radius 2 is 2.12 bits per heavy atom. The first-order chi connectivity index (χ1) is 11.8. The van der Waals surface area contributed by atoms with Gasteiger partial charge in [-0.25, -0.2) is 0 Å². The second kappa shape index (κ2) is 6.43. The zero-order valence-electron chi connectivity index (χ0n) is 13.5. The number of nitrogens with zero attached hydrogens (tertiary/aromatic N) is 3. The van der Waals surface area contributed by atoms with Gasteiger partial charge in [-0.2, -0.15) is 5.10 Å². The molecule has 2 aromatic heterocycles. The number of carbonyl (C=O) groups excluding carboxylic acids is 1. The molecule has 5 nitrogen and oxygen atoms in total. The average Bonchev–Trinajstić information content (AvgIpc) is 3.16. The van der Waals surface area contributed by atoms with E-state index >= 15 is 0 Å². The van der Waals surface area contributed by atoms with Crippen LogP contribution in [-0.2, 0) is 6.42 Å². The Balaban J connectivity index is 1.51. The van der Waals surface area contributed by atoms with Crippen LogP contribution in [0, 0.1) is 5.92 Å². The lowest BCUT2D eigenvalue weighted by Gasteiger charge is -2.32. The van der Waals surface area contributed by atoms with Crippen molar-refractivity contribution >= 4 is 16.8 Å². The number of carbonyl (C=O) groups is 1. The number of nitrogens with one attached hydrogen (secondary N) is 1. The van der Waals surface area contributed by atoms with E-state index in [1.165, 1.54) is 10.9 Å². The first kappa shape index (κ1) is 14.9. The van der Waals surface area contributed by atoms with Crippen LogP contribution in [0.4, 0.5) is 0 Å². The van der Waals surface area contributed by atoms with E-state index in [1.54, 1.807) is 12.3 Å². The van der Waals surface area contributed by atoms with Gasteiger partial charge in [0.05, 0.1) is 5.52 Å². The fraction of sp³-hybridized carbons (Fsp3) is 0.316. The number of fused-ring (bicyclic) bond motifs is 1. The molecule has 1 aliphatic rings. The molecular formula is C19H20N4O. The fourth-order valence-electron chi connectivity index (χ4n) is 3.61. The molecule has 1 saturated heterocycles. The molecular weight excluding hydrogens is 300 g/mol. The SMILES string of the molecule is O=C(c1ccn[nH]1)N1CCCC(Cc2ccnc3ccccc23)C1. The molecule has 1 atom stereocenters. The predicted octanol–water partition coefficient (Wildman–Crippen LogP) is 3.05. The van der Waals surface area contributed by atoms with E-state index < -0.39 is 0 Å². The van der Waals surface area contributed by atoms with Crippen LogP contribution in [0.5, 0.6) is 0 Å². The highest BCUT2D eigenvalue weighted by molar-refractivity contribution is 5.92. The number of likely N-dealkylation sites (tertiary alicyclic amines) is 1. The summed E-state index contributed by atoms with van der Waals surface area (Å²) < 4.78 is 0. The molecule has 0 bridgehead atoms. The number of H-pyrrole nitrogens is 1. The van der Waals surface area contributed by atoms with Crippen LogP contribution in [-0.4, -0.2) is 39.1 Å². The number of rotatable bonds is 3. The van der Waals surface area contributed by atoms with Gasteiger partial charge >= 0.3 is 0 Å². The third-order valence-electron chi connectivity index (χ3n) is 4.79. The highest BCUT2D eigenvalue weighted by Gasteiger charge is 2.25. The smallest absolute Gasteiger partial charge is 0.271 e. The van der Waals surface area contributed by atoms with E-state index in [4.69, 9.17) is 0 Å². The van der Waals surface area contributed by atoms with Gasteiger partial charge in [-0.15, -0.1) is 0 Å². The van der Waals surface area contributed by atoms with Crippen molar-refractivity contribution in [2.75, 3.05) is 13.1 Å². The molecule has 1 amide bonds. The van der Waals surface area contributed by atoms with E-state index in [0.717, 1.165) is 37.9 Å². The van der Waals surface area contributed by atoms with E-state index in [9.17, 15) is 4.79 Å². The number of hydrogen-bond acceptors (Lipinski definition) is 3. The Hall–Kier alpha value is -2.69. The largest absolute Gasteiger partial charge is 0.337 e. The molecule has 5 heteroatoms. The normalized spacial score (nSPS) is 18.0. The molecule has 1 N–H and O–H groups in total. The van der Waals surface area contributed by atoms with Crippen LogP contribution in [0.15, 0.2) is 48.8 Å². The summed E-state index contributed by atoms with van der Waals surface area (Å²) >= 11 is 0. The lowest BCUT2D eigenvalue weighted by molar-refractivity contribution is 0.0667. The topological polar surface area (TPSA) is 61.9 Å². The van der Waals surface area contributed by atoms with Gasteiger partial charge in [-0.1, -0.05) is 18.2 Å². The van der Waals surface area contributed by atoms with Crippen molar-refractivity contribution in [3.63, 3.8) is 0 Å². The second-order valence-electron chi connectivity index (χ2n) is 6.42. The molecule has 1 aliphatic heterocycles. The molecule has 3 heterocycles. The standard InChI is InChI=1S/C19H20N4O/c24-19(18-8-10-21-22-18)23-11-3-4-14(13-23)12-15-7-9-20-17-6-2-1-5-16(15)17/h1-2,5-10,14H,3-4,11-13H2,(H,21,22). The summed E-state index contributed by atoms with van der Waals surface area (Å²) in [7, 11) is 0. The third-order valence-corrected chi connectivity index (χ3v) is 4.79. The van der Waals surface area contributed by atoms with Crippen LogP contribution in [0.2, 0.25) is 0 Å². The van der Waals surface area contributed by atoms with Gasteiger partial charge in [-0.3, -0.25) is 14.9 Å². The van der Waals surface area contributed by atoms with E-state index in [0.29, 0.717) is 11.6 Å². The van der Waals surface area contributed by atoms with Crippen LogP contribution in [0.3, 0.4) is 0 Å². The Labute approximate surface area is 140 Å². The average molecular weight is 320 g/mol. The quantitative estimate of drug-likeness (QED) is 0.807. The molecule has 122 valence electrons. The van der Waals surface area contributed by atoms with Gasteiger partial charge in [0.15, 0.2) is 0 Å². The molecule has 4 rings (SSSR count). The highest BCUT2D eigenvalue weighted by atomic mass is 16.2. The van der Waals surface area contributed by atoms with Crippen LogP contribution in [0.1, 0.15) is 28.9 Å². The van der Waals surface area contributed by atoms with Crippen LogP contribution in [0.25, 0.3) is 10.9 Å². The van der Waals surface area contributed by atoms with Gasteiger partial charge in [0.2, 0.25) is 0 Å². The number of aromatic nitrogens is 3. The number of amides is 1. The van der Waals surface area contributed by atoms with Crippen molar-refractivity contribution in [1.82, 2.24) is 20.1 Å². The second-order valence-corrected chi connectivity index (χ2v) is 6.42. The molecule has 1 fully saturated rings. The Kier molecular flexibility index (Phi) is 3.99. The van der Waals surface area contributed by atoms with Crippen LogP contribution < -0.4 is 0 Å². The van der Waals surface area contributed by atoms with Gasteiger partial charge in [-0.05, 0) is 48.9 Å². The fourth-order valence-corrected chi connectivity index (χ4v) is 3.61. The van der Waals surface area contributed by atoms with Crippen molar-refractivity contribution in [1.29, 1.82) is 0 Å². The Bertz CT molecular complexity index is 838. The number of benzene rings is 1. The monoisotopic (exact) mass is 320 g/mol. The zero-order chi connectivity index (χ0) is 16.4. The summed E-state index contributed by atoms with van der Waals surface area (Å²) in [4.78, 5) is 18.9. The van der Waals surface area contributed by atoms with Crippen molar-refractivity contribution in [2.24, 2.45) is 5.92 Å². The molecule has 0 radical (unpaired) electrons. The summed E-state index contributed by atoms with van der Waals surface area (Å²) in [6.45, 7) is 1.62. The summed E-state index contributed by atoms with van der Waals surface area (Å²) in [5.41, 5.74) is 2.93. The van der Waals surface area contributed by atoms with Gasteiger partial charge in [0, 0.05) is 30.9 Å². The minimum atomic E-state index is 0.0526. The van der Waals surface area contributed by atoms with Crippen LogP contribution >= 0.6 is 0 Å². The lowest BCUT2D eigenvalue weighted by atomic mass is 9.90. The number of pyridine rings is 1. The first-order valence-corrected chi connectivity index (χ1v) is 8.42. The maximum atomic E-state index is 12.5. The lowest BCUT2D eigenvalue weighted by Crippen LogP contribution is -2.40. The molecule has 1 aromatic carbocycles. The third kappa shape index (κ3) is 2.89. The highest BCUT2D eigenvalue weighted by Crippen LogP contribution is 2.25. The number of hydrogen-bond donors (Lipinski definition) is 1. The minimum absolute atomic E-state index is 0.0526. The summed E-state index contributed by atoms with van der Waals surface area (Å²) in [6, 6.07) is 12.1. The number of aromatic amines is 1. The maximum absolute atomic E-state index is 12.5. The first-order valence-electron chi connectivity index (χ1n) is 8.42. The Morgan fingerprint density at radius 3 is 3.00 bits per heavy atom. The predicted molar refractivity (Wildman–Crippen MR) is 92.7 cm³/mol. The maximum Gasteiger partial charge on any atom is 0.271 e. The van der Waals surface area contributed by atoms with Crippen molar-refractivity contribution in [2.45, 2.75) is 19.3 Å². The van der Waals surface area contributed by atoms with Gasteiger partial charge in [0.25, 0.3) is 5.91 Å². The minimum Gasteiger partial charge on any atom is -0.337 e. The van der Waals surface area contributed by atoms with Crippen molar-refractivity contribution in [3.8, 4) is 0 Å². The summed E-state index contributed by atoms with van der Waals surface area (Å²) in [5, 5.41) is 7.87. The molecule has 0 aliphatic carbocycles. The van der Waals surface area contributed by atoms with Crippen molar-refractivity contribution < 1.29 is 4.79 Å². The number of piperidine rings is 1. The van der Waals surface area contributed by atoms with E-state index in [1.807, 2.05) is 23.2 Å². The summed E-state index contributed by atoms with van der Waals surface area (Å²) in [6.07, 6.45) is 6.69. The molecule has 0 saturated carbocycles. The van der Waals surface area contributed by atoms with E-state index in [2.05, 4.69) is 33.4 Å². The zero-order valence-corrected chi connectivity index (χ0v) is 13.5. The van der Waals surface area contributed by atoms with Gasteiger partial charge in [0.1, 0.15) is 5.69 Å². The molecule has 0 spiro atoms. The van der Waals surface area contributed by atoms with E-state index in [-0.39, 0.29) is 5.91 Å². The molecule has 3 aromatic rings. The number of para-hydroxylation sites is 1. The molecule has 1 unspecified atom stereocenters. The Morgan fingerprint density at radius 1 is 1.21 bits per heavy atom. The molecule has 24 heavy (non-hydrogen) atoms. The van der Waals surface area contributed by atoms with Gasteiger partial charge < -0.3 is 4.90 Å². The van der Waals surface area contributed by atoms with Crippen molar-refractivity contribution in [3.05, 3.63) is 60.0 Å². The summed E-state index contributed by atoms with van der Waals surface area (Å²) in [5.74, 6) is 0.535.